The molecule has 1 N–H and O–H groups in total. The molecule has 0 radical (unpaired) electrons. The van der Waals surface area contributed by atoms with Crippen LogP contribution < -0.4 is 0 Å². The fraction of sp³-hybridized carbons (Fsp3) is 0.889. The van der Waals surface area contributed by atoms with Crippen molar-refractivity contribution in [3.8, 4) is 0 Å². The molecule has 3 heteroatoms. The molecule has 3 aliphatic rings. The summed E-state index contributed by atoms with van der Waals surface area (Å²) in [4.78, 5) is 10.8. The van der Waals surface area contributed by atoms with Gasteiger partial charge in [0.25, 0.3) is 0 Å². The van der Waals surface area contributed by atoms with Crippen LogP contribution in [-0.4, -0.2) is 16.5 Å². The number of fused-ring (bicyclic) bond motifs is 1. The first-order chi connectivity index (χ1) is 5.72. The second-order valence-electron chi connectivity index (χ2n) is 4.36. The summed E-state index contributed by atoms with van der Waals surface area (Å²) < 4.78 is 0. The summed E-state index contributed by atoms with van der Waals surface area (Å²) in [5, 5.41) is 9.22. The molecule has 6 atom stereocenters. The van der Waals surface area contributed by atoms with Crippen molar-refractivity contribution >= 4 is 17.6 Å². The van der Waals surface area contributed by atoms with E-state index in [2.05, 4.69) is 0 Å². The standard InChI is InChI=1S/C9H11ClO2/c10-8-3-1-2-4(9(11)12)6-5(3)7(6)8/h3-8H,1-2H2,(H,11,12). The molecule has 6 unspecified atom stereocenters. The van der Waals surface area contributed by atoms with E-state index in [0.717, 1.165) is 12.8 Å². The molecule has 0 aromatic carbocycles. The van der Waals surface area contributed by atoms with Gasteiger partial charge in [-0.25, -0.2) is 0 Å². The minimum Gasteiger partial charge on any atom is -0.481 e. The Morgan fingerprint density at radius 3 is 2.67 bits per heavy atom. The van der Waals surface area contributed by atoms with E-state index in [1.165, 1.54) is 0 Å². The molecule has 66 valence electrons. The van der Waals surface area contributed by atoms with Crippen molar-refractivity contribution in [2.75, 3.05) is 0 Å². The van der Waals surface area contributed by atoms with Gasteiger partial charge in [-0.2, -0.15) is 0 Å². The average Bonchev–Trinajstić information content (AvgIpc) is 2.73. The zero-order valence-corrected chi connectivity index (χ0v) is 7.37. The molecule has 0 aromatic rings. The van der Waals surface area contributed by atoms with Gasteiger partial charge in [0.15, 0.2) is 0 Å². The van der Waals surface area contributed by atoms with E-state index in [9.17, 15) is 4.79 Å². The zero-order valence-electron chi connectivity index (χ0n) is 6.61. The molecule has 2 nitrogen and oxygen atoms in total. The molecule has 0 saturated heterocycles. The number of halogens is 1. The Balaban J connectivity index is 1.84. The summed E-state index contributed by atoms with van der Waals surface area (Å²) in [5.74, 6) is 1.71. The summed E-state index contributed by atoms with van der Waals surface area (Å²) in [6, 6.07) is 0. The molecule has 0 spiro atoms. The van der Waals surface area contributed by atoms with E-state index in [0.29, 0.717) is 29.0 Å². The quantitative estimate of drug-likeness (QED) is 0.632. The van der Waals surface area contributed by atoms with Crippen LogP contribution in [0, 0.1) is 29.6 Å². The molecule has 3 fully saturated rings. The predicted octanol–water partition coefficient (Wildman–Crippen LogP) is 1.58. The normalized spacial score (nSPS) is 60.1. The van der Waals surface area contributed by atoms with Gasteiger partial charge < -0.3 is 5.11 Å². The second-order valence-corrected chi connectivity index (χ2v) is 4.87. The molecule has 3 aliphatic carbocycles. The maximum atomic E-state index is 10.8. The fourth-order valence-electron chi connectivity index (χ4n) is 3.47. The van der Waals surface area contributed by atoms with E-state index in [1.807, 2.05) is 0 Å². The summed E-state index contributed by atoms with van der Waals surface area (Å²) in [6.07, 6.45) is 1.91. The lowest BCUT2D eigenvalue weighted by molar-refractivity contribution is -0.143. The van der Waals surface area contributed by atoms with Crippen LogP contribution >= 0.6 is 11.6 Å². The molecular formula is C9H11ClO2. The molecular weight excluding hydrogens is 176 g/mol. The summed E-state index contributed by atoms with van der Waals surface area (Å²) >= 11 is 6.12. The first kappa shape index (κ1) is 7.19. The third-order valence-electron chi connectivity index (χ3n) is 4.06. The third kappa shape index (κ3) is 0.620. The maximum Gasteiger partial charge on any atom is 0.306 e. The zero-order chi connectivity index (χ0) is 8.46. The van der Waals surface area contributed by atoms with E-state index < -0.39 is 5.97 Å². The molecule has 0 heterocycles. The Morgan fingerprint density at radius 1 is 1.25 bits per heavy atom. The van der Waals surface area contributed by atoms with Crippen molar-refractivity contribution < 1.29 is 9.90 Å². The predicted molar refractivity (Wildman–Crippen MR) is 44.0 cm³/mol. The number of rotatable bonds is 1. The lowest BCUT2D eigenvalue weighted by atomic mass is 9.78. The number of aliphatic carboxylic acids is 1. The Morgan fingerprint density at radius 2 is 2.00 bits per heavy atom. The van der Waals surface area contributed by atoms with Gasteiger partial charge in [0.2, 0.25) is 0 Å². The van der Waals surface area contributed by atoms with Gasteiger partial charge in [0, 0.05) is 5.38 Å². The van der Waals surface area contributed by atoms with Crippen LogP contribution in [0.1, 0.15) is 12.8 Å². The van der Waals surface area contributed by atoms with E-state index in [1.54, 1.807) is 0 Å². The van der Waals surface area contributed by atoms with Crippen molar-refractivity contribution in [1.29, 1.82) is 0 Å². The van der Waals surface area contributed by atoms with Crippen LogP contribution in [0.4, 0.5) is 0 Å². The minimum atomic E-state index is -0.600. The molecule has 0 aliphatic heterocycles. The number of hydrogen-bond acceptors (Lipinski definition) is 1. The number of carboxylic acid groups (broad SMARTS) is 1. The first-order valence-corrected chi connectivity index (χ1v) is 5.02. The fourth-order valence-corrected chi connectivity index (χ4v) is 4.10. The van der Waals surface area contributed by atoms with Crippen LogP contribution in [0.25, 0.3) is 0 Å². The summed E-state index contributed by atoms with van der Waals surface area (Å²) in [6.45, 7) is 0. The number of carbonyl (C=O) groups is 1. The van der Waals surface area contributed by atoms with Gasteiger partial charge >= 0.3 is 5.97 Å². The second kappa shape index (κ2) is 1.98. The molecule has 3 saturated carbocycles. The molecule has 12 heavy (non-hydrogen) atoms. The van der Waals surface area contributed by atoms with Gasteiger partial charge in [-0.1, -0.05) is 0 Å². The number of hydrogen-bond donors (Lipinski definition) is 1. The first-order valence-electron chi connectivity index (χ1n) is 4.58. The van der Waals surface area contributed by atoms with Crippen molar-refractivity contribution in [3.05, 3.63) is 0 Å². The van der Waals surface area contributed by atoms with Crippen LogP contribution in [0.5, 0.6) is 0 Å². The smallest absolute Gasteiger partial charge is 0.306 e. The Bertz CT molecular complexity index is 249. The van der Waals surface area contributed by atoms with E-state index in [-0.39, 0.29) is 5.92 Å². The lowest BCUT2D eigenvalue weighted by Gasteiger charge is -2.32. The molecule has 0 aromatic heterocycles. The Labute approximate surface area is 75.9 Å². The van der Waals surface area contributed by atoms with E-state index >= 15 is 0 Å². The molecule has 0 bridgehead atoms. The van der Waals surface area contributed by atoms with Crippen molar-refractivity contribution in [3.63, 3.8) is 0 Å². The van der Waals surface area contributed by atoms with Gasteiger partial charge in [0.05, 0.1) is 5.92 Å². The number of alkyl halides is 1. The molecule has 0 amide bonds. The number of carboxylic acids is 1. The Kier molecular flexibility index (Phi) is 1.19. The Hall–Kier alpha value is -0.240. The highest BCUT2D eigenvalue weighted by Crippen LogP contribution is 2.73. The highest BCUT2D eigenvalue weighted by atomic mass is 35.5. The van der Waals surface area contributed by atoms with E-state index in [4.69, 9.17) is 16.7 Å². The van der Waals surface area contributed by atoms with Crippen LogP contribution in [-0.2, 0) is 4.79 Å². The monoisotopic (exact) mass is 186 g/mol. The summed E-state index contributed by atoms with van der Waals surface area (Å²) in [7, 11) is 0. The third-order valence-corrected chi connectivity index (χ3v) is 4.67. The SMILES string of the molecule is O=C(O)C1CCC2C(Cl)C3C1C23. The van der Waals surface area contributed by atoms with Crippen LogP contribution in [0.15, 0.2) is 0 Å². The van der Waals surface area contributed by atoms with Gasteiger partial charge in [-0.05, 0) is 36.5 Å². The van der Waals surface area contributed by atoms with Crippen LogP contribution in [0.2, 0.25) is 0 Å². The average molecular weight is 187 g/mol. The topological polar surface area (TPSA) is 37.3 Å². The van der Waals surface area contributed by atoms with Gasteiger partial charge in [-0.3, -0.25) is 4.79 Å². The van der Waals surface area contributed by atoms with Crippen molar-refractivity contribution in [2.45, 2.75) is 18.2 Å². The maximum absolute atomic E-state index is 10.8. The van der Waals surface area contributed by atoms with Crippen molar-refractivity contribution in [2.24, 2.45) is 29.6 Å². The van der Waals surface area contributed by atoms with Crippen molar-refractivity contribution in [1.82, 2.24) is 0 Å². The largest absolute Gasteiger partial charge is 0.481 e. The highest BCUT2D eigenvalue weighted by molar-refractivity contribution is 6.22. The van der Waals surface area contributed by atoms with Gasteiger partial charge in [0.1, 0.15) is 0 Å². The molecule has 3 rings (SSSR count). The highest BCUT2D eigenvalue weighted by Gasteiger charge is 2.73. The van der Waals surface area contributed by atoms with Crippen LogP contribution in [0.3, 0.4) is 0 Å². The lowest BCUT2D eigenvalue weighted by Crippen LogP contribution is -2.31. The summed E-state index contributed by atoms with van der Waals surface area (Å²) in [5.41, 5.74) is 0. The minimum absolute atomic E-state index is 0.0694. The van der Waals surface area contributed by atoms with Gasteiger partial charge in [-0.15, -0.1) is 11.6 Å².